The van der Waals surface area contributed by atoms with E-state index in [2.05, 4.69) is 9.97 Å². The summed E-state index contributed by atoms with van der Waals surface area (Å²) in [6, 6.07) is 18.5. The number of aliphatic hydroxyl groups is 1. The monoisotopic (exact) mass is 564 g/mol. The molecule has 1 N–H and O–H groups in total. The highest BCUT2D eigenvalue weighted by atomic mass is 19.4. The van der Waals surface area contributed by atoms with Crippen LogP contribution in [0.5, 0.6) is 0 Å². The lowest BCUT2D eigenvalue weighted by molar-refractivity contribution is -0.142. The minimum absolute atomic E-state index is 0.279. The third kappa shape index (κ3) is 6.30. The van der Waals surface area contributed by atoms with Gasteiger partial charge in [0.15, 0.2) is 11.8 Å². The molecule has 0 spiro atoms. The number of pyridine rings is 1. The molecule has 4 aromatic rings. The molecule has 11 heteroatoms. The summed E-state index contributed by atoms with van der Waals surface area (Å²) in [5.74, 6) is -1.74. The summed E-state index contributed by atoms with van der Waals surface area (Å²) in [5.41, 5.74) is 0.963. The van der Waals surface area contributed by atoms with Crippen molar-refractivity contribution in [3.05, 3.63) is 101 Å². The van der Waals surface area contributed by atoms with Gasteiger partial charge in [0.25, 0.3) is 5.91 Å². The van der Waals surface area contributed by atoms with Crippen LogP contribution < -0.4 is 4.90 Å². The number of carbonyl (C=O) groups excluding carboxylic acids is 2. The first-order valence-corrected chi connectivity index (χ1v) is 13.0. The van der Waals surface area contributed by atoms with Crippen molar-refractivity contribution in [1.82, 2.24) is 14.9 Å². The number of alkyl halides is 3. The molecule has 212 valence electrons. The summed E-state index contributed by atoms with van der Waals surface area (Å²) < 4.78 is 46.2. The van der Waals surface area contributed by atoms with Gasteiger partial charge in [0, 0.05) is 44.4 Å². The number of aliphatic hydroxyl groups excluding tert-OH is 1. The van der Waals surface area contributed by atoms with Crippen LogP contribution in [-0.2, 0) is 17.4 Å². The molecule has 0 saturated carbocycles. The van der Waals surface area contributed by atoms with Gasteiger partial charge in [-0.2, -0.15) is 13.2 Å². The van der Waals surface area contributed by atoms with E-state index >= 15 is 0 Å². The summed E-state index contributed by atoms with van der Waals surface area (Å²) in [4.78, 5) is 37.2. The Morgan fingerprint density at radius 3 is 2.27 bits per heavy atom. The third-order valence-electron chi connectivity index (χ3n) is 6.89. The fraction of sp³-hybridized carbons (Fsp3) is 0.267. The van der Waals surface area contributed by atoms with E-state index in [1.54, 1.807) is 59.5 Å². The van der Waals surface area contributed by atoms with Gasteiger partial charge in [-0.25, -0.2) is 9.97 Å². The summed E-state index contributed by atoms with van der Waals surface area (Å²) in [7, 11) is 0. The molecule has 1 atom stereocenters. The number of piperazine rings is 1. The molecule has 1 unspecified atom stereocenters. The van der Waals surface area contributed by atoms with Crippen LogP contribution in [0.15, 0.2) is 77.3 Å². The SMILES string of the molecule is Cc1ccc(C(O)C(=O)N2CCN(c3ccc(CC(=O)c4oc(-c5ccccc5)nc4C(F)(F)F)cn3)CC2)cc1. The molecule has 8 nitrogen and oxygen atoms in total. The van der Waals surface area contributed by atoms with Gasteiger partial charge in [0.1, 0.15) is 5.82 Å². The lowest BCUT2D eigenvalue weighted by atomic mass is 10.1. The minimum Gasteiger partial charge on any atom is -0.432 e. The topological polar surface area (TPSA) is 99.8 Å². The number of hydrogen-bond acceptors (Lipinski definition) is 7. The van der Waals surface area contributed by atoms with Crippen LogP contribution in [0.2, 0.25) is 0 Å². The Hall–Kier alpha value is -4.51. The molecule has 0 radical (unpaired) electrons. The lowest BCUT2D eigenvalue weighted by Gasteiger charge is -2.36. The largest absolute Gasteiger partial charge is 0.437 e. The minimum atomic E-state index is -4.86. The molecule has 0 aliphatic carbocycles. The molecule has 1 fully saturated rings. The predicted molar refractivity (Wildman–Crippen MR) is 144 cm³/mol. The number of rotatable bonds is 7. The molecule has 3 heterocycles. The van der Waals surface area contributed by atoms with Crippen molar-refractivity contribution in [2.24, 2.45) is 0 Å². The van der Waals surface area contributed by atoms with E-state index in [-0.39, 0.29) is 18.2 Å². The van der Waals surface area contributed by atoms with Crippen LogP contribution >= 0.6 is 0 Å². The zero-order valence-electron chi connectivity index (χ0n) is 22.1. The van der Waals surface area contributed by atoms with Gasteiger partial charge in [-0.15, -0.1) is 0 Å². The normalized spacial score (nSPS) is 14.7. The van der Waals surface area contributed by atoms with Crippen LogP contribution in [0.3, 0.4) is 0 Å². The van der Waals surface area contributed by atoms with E-state index in [1.807, 2.05) is 24.0 Å². The first kappa shape index (κ1) is 28.0. The van der Waals surface area contributed by atoms with Gasteiger partial charge in [-0.1, -0.05) is 54.1 Å². The number of benzene rings is 2. The van der Waals surface area contributed by atoms with Crippen LogP contribution in [0.25, 0.3) is 11.5 Å². The van der Waals surface area contributed by atoms with Crippen molar-refractivity contribution in [3.63, 3.8) is 0 Å². The van der Waals surface area contributed by atoms with Gasteiger partial charge in [0.2, 0.25) is 17.4 Å². The fourth-order valence-corrected chi connectivity index (χ4v) is 4.60. The zero-order chi connectivity index (χ0) is 29.1. The van der Waals surface area contributed by atoms with Gasteiger partial charge in [0.05, 0.1) is 0 Å². The zero-order valence-corrected chi connectivity index (χ0v) is 22.1. The number of carbonyl (C=O) groups is 2. The molecule has 1 aliphatic heterocycles. The van der Waals surface area contributed by atoms with Crippen molar-refractivity contribution < 1.29 is 32.3 Å². The number of hydrogen-bond donors (Lipinski definition) is 1. The Balaban J connectivity index is 1.21. The molecular weight excluding hydrogens is 537 g/mol. The summed E-state index contributed by atoms with van der Waals surface area (Å²) in [6.45, 7) is 3.66. The van der Waals surface area contributed by atoms with E-state index in [1.165, 1.54) is 6.20 Å². The first-order chi connectivity index (χ1) is 19.6. The molecule has 1 saturated heterocycles. The highest BCUT2D eigenvalue weighted by Gasteiger charge is 2.41. The molecule has 2 aromatic carbocycles. The molecule has 0 bridgehead atoms. The first-order valence-electron chi connectivity index (χ1n) is 13.0. The smallest absolute Gasteiger partial charge is 0.432 e. The van der Waals surface area contributed by atoms with Crippen molar-refractivity contribution in [2.45, 2.75) is 25.6 Å². The number of aromatic nitrogens is 2. The number of anilines is 1. The second-order valence-corrected chi connectivity index (χ2v) is 9.81. The Labute approximate surface area is 234 Å². The number of ketones is 1. The standard InChI is InChI=1S/C30H27F3N4O4/c1-19-7-10-21(11-8-19)25(39)29(40)37-15-13-36(14-16-37)24-12-9-20(18-34-24)17-23(38)26-27(30(31,32)33)35-28(41-26)22-5-3-2-4-6-22/h2-12,18,25,39H,13-17H2,1H3. The Morgan fingerprint density at radius 1 is 0.976 bits per heavy atom. The van der Waals surface area contributed by atoms with Crippen LogP contribution in [0, 0.1) is 6.92 Å². The van der Waals surface area contributed by atoms with Crippen molar-refractivity contribution in [3.8, 4) is 11.5 Å². The van der Waals surface area contributed by atoms with Gasteiger partial charge in [-0.05, 0) is 36.2 Å². The average molecular weight is 565 g/mol. The summed E-state index contributed by atoms with van der Waals surface area (Å²) >= 11 is 0. The summed E-state index contributed by atoms with van der Waals surface area (Å²) in [6.07, 6.45) is -5.00. The fourth-order valence-electron chi connectivity index (χ4n) is 4.60. The molecule has 1 amide bonds. The maximum Gasteiger partial charge on any atom is 0.437 e. The third-order valence-corrected chi connectivity index (χ3v) is 6.89. The van der Waals surface area contributed by atoms with E-state index in [0.717, 1.165) is 5.56 Å². The highest BCUT2D eigenvalue weighted by Crippen LogP contribution is 2.35. The predicted octanol–water partition coefficient (Wildman–Crippen LogP) is 4.87. The number of oxazole rings is 1. The average Bonchev–Trinajstić information content (AvgIpc) is 3.45. The second kappa shape index (κ2) is 11.5. The van der Waals surface area contributed by atoms with Crippen LogP contribution in [0.1, 0.15) is 39.0 Å². The molecule has 2 aromatic heterocycles. The van der Waals surface area contributed by atoms with E-state index in [0.29, 0.717) is 48.7 Å². The quantitative estimate of drug-likeness (QED) is 0.320. The Bertz CT molecular complexity index is 1510. The van der Waals surface area contributed by atoms with Crippen molar-refractivity contribution in [2.75, 3.05) is 31.1 Å². The van der Waals surface area contributed by atoms with Crippen molar-refractivity contribution in [1.29, 1.82) is 0 Å². The highest BCUT2D eigenvalue weighted by molar-refractivity contribution is 5.96. The number of amides is 1. The maximum absolute atomic E-state index is 13.6. The number of aryl methyl sites for hydroxylation is 1. The van der Waals surface area contributed by atoms with Gasteiger partial charge in [-0.3, -0.25) is 9.59 Å². The van der Waals surface area contributed by atoms with E-state index in [9.17, 15) is 27.9 Å². The van der Waals surface area contributed by atoms with E-state index < -0.39 is 29.5 Å². The van der Waals surface area contributed by atoms with Gasteiger partial charge >= 0.3 is 6.18 Å². The number of halogens is 3. The van der Waals surface area contributed by atoms with Crippen LogP contribution in [-0.4, -0.2) is 57.8 Å². The second-order valence-electron chi connectivity index (χ2n) is 9.81. The molecule has 1 aliphatic rings. The van der Waals surface area contributed by atoms with Gasteiger partial charge < -0.3 is 19.3 Å². The summed E-state index contributed by atoms with van der Waals surface area (Å²) in [5, 5.41) is 10.5. The lowest BCUT2D eigenvalue weighted by Crippen LogP contribution is -2.50. The molecule has 5 rings (SSSR count). The number of nitrogens with zero attached hydrogens (tertiary/aromatic N) is 4. The molecular formula is C30H27F3N4O4. The maximum atomic E-state index is 13.6. The Morgan fingerprint density at radius 2 is 1.66 bits per heavy atom. The van der Waals surface area contributed by atoms with E-state index in [4.69, 9.17) is 4.42 Å². The Kier molecular flexibility index (Phi) is 7.89. The van der Waals surface area contributed by atoms with Crippen molar-refractivity contribution >= 4 is 17.5 Å². The number of Topliss-reactive ketones (excluding diaryl/α,β-unsaturated/α-hetero) is 1. The molecule has 41 heavy (non-hydrogen) atoms. The van der Waals surface area contributed by atoms with Crippen LogP contribution in [0.4, 0.5) is 19.0 Å².